The minimum atomic E-state index is 0.738. The quantitative estimate of drug-likeness (QED) is 0.868. The van der Waals surface area contributed by atoms with Gasteiger partial charge in [-0.2, -0.15) is 0 Å². The summed E-state index contributed by atoms with van der Waals surface area (Å²) in [6.07, 6.45) is 3.59. The van der Waals surface area contributed by atoms with Gasteiger partial charge in [-0.25, -0.2) is 4.98 Å². The SMILES string of the molecule is CNCc1cnc(N(C)c2ccccc2)cn1. The molecule has 2 aromatic rings. The second kappa shape index (κ2) is 5.41. The largest absolute Gasteiger partial charge is 0.328 e. The van der Waals surface area contributed by atoms with E-state index in [4.69, 9.17) is 0 Å². The Morgan fingerprint density at radius 2 is 1.88 bits per heavy atom. The Labute approximate surface area is 101 Å². The highest BCUT2D eigenvalue weighted by Gasteiger charge is 2.04. The molecule has 0 radical (unpaired) electrons. The van der Waals surface area contributed by atoms with Crippen LogP contribution in [0.3, 0.4) is 0 Å². The maximum atomic E-state index is 4.40. The zero-order valence-corrected chi connectivity index (χ0v) is 10.1. The first kappa shape index (κ1) is 11.5. The lowest BCUT2D eigenvalue weighted by atomic mass is 10.3. The van der Waals surface area contributed by atoms with Gasteiger partial charge in [-0.15, -0.1) is 0 Å². The number of hydrogen-bond acceptors (Lipinski definition) is 4. The lowest BCUT2D eigenvalue weighted by molar-refractivity contribution is 0.783. The van der Waals surface area contributed by atoms with Gasteiger partial charge >= 0.3 is 0 Å². The highest BCUT2D eigenvalue weighted by Crippen LogP contribution is 2.19. The van der Waals surface area contributed by atoms with Crippen LogP contribution in [0.2, 0.25) is 0 Å². The van der Waals surface area contributed by atoms with Crippen LogP contribution in [0.1, 0.15) is 5.69 Å². The average Bonchev–Trinajstić information content (AvgIpc) is 2.40. The number of hydrogen-bond donors (Lipinski definition) is 1. The first-order valence-corrected chi connectivity index (χ1v) is 5.55. The molecule has 1 heterocycles. The van der Waals surface area contributed by atoms with Crippen LogP contribution in [0.25, 0.3) is 0 Å². The van der Waals surface area contributed by atoms with Crippen molar-refractivity contribution in [2.45, 2.75) is 6.54 Å². The Morgan fingerprint density at radius 3 is 2.47 bits per heavy atom. The van der Waals surface area contributed by atoms with Crippen LogP contribution in [-0.2, 0) is 6.54 Å². The van der Waals surface area contributed by atoms with Gasteiger partial charge in [-0.3, -0.25) is 4.98 Å². The molecule has 17 heavy (non-hydrogen) atoms. The van der Waals surface area contributed by atoms with Crippen LogP contribution in [0.5, 0.6) is 0 Å². The van der Waals surface area contributed by atoms with Crippen molar-refractivity contribution in [1.29, 1.82) is 0 Å². The van der Waals surface area contributed by atoms with Crippen molar-refractivity contribution in [3.05, 3.63) is 48.4 Å². The summed E-state index contributed by atoms with van der Waals surface area (Å²) in [5, 5.41) is 3.05. The molecule has 0 bridgehead atoms. The van der Waals surface area contributed by atoms with E-state index >= 15 is 0 Å². The van der Waals surface area contributed by atoms with E-state index in [0.29, 0.717) is 0 Å². The Morgan fingerprint density at radius 1 is 1.12 bits per heavy atom. The van der Waals surface area contributed by atoms with Gasteiger partial charge in [-0.1, -0.05) is 18.2 Å². The molecule has 88 valence electrons. The number of aromatic nitrogens is 2. The van der Waals surface area contributed by atoms with E-state index in [2.05, 4.69) is 15.3 Å². The van der Waals surface area contributed by atoms with Gasteiger partial charge in [0.25, 0.3) is 0 Å². The fraction of sp³-hybridized carbons (Fsp3) is 0.231. The smallest absolute Gasteiger partial charge is 0.151 e. The molecular weight excluding hydrogens is 212 g/mol. The van der Waals surface area contributed by atoms with Crippen molar-refractivity contribution in [2.24, 2.45) is 0 Å². The van der Waals surface area contributed by atoms with Crippen LogP contribution in [-0.4, -0.2) is 24.1 Å². The summed E-state index contributed by atoms with van der Waals surface area (Å²) in [4.78, 5) is 10.8. The molecule has 2 rings (SSSR count). The Bertz CT molecular complexity index is 453. The van der Waals surface area contributed by atoms with E-state index < -0.39 is 0 Å². The molecule has 0 fully saturated rings. The van der Waals surface area contributed by atoms with Crippen LogP contribution in [0, 0.1) is 0 Å². The molecule has 0 aliphatic carbocycles. The number of anilines is 2. The molecule has 0 atom stereocenters. The molecule has 0 saturated heterocycles. The molecule has 0 saturated carbocycles. The van der Waals surface area contributed by atoms with Gasteiger partial charge in [0.1, 0.15) is 0 Å². The van der Waals surface area contributed by atoms with Gasteiger partial charge in [-0.05, 0) is 19.2 Å². The summed E-state index contributed by atoms with van der Waals surface area (Å²) < 4.78 is 0. The highest BCUT2D eigenvalue weighted by molar-refractivity contribution is 5.57. The van der Waals surface area contributed by atoms with Crippen LogP contribution >= 0.6 is 0 Å². The van der Waals surface area contributed by atoms with Gasteiger partial charge < -0.3 is 10.2 Å². The molecular formula is C13H16N4. The fourth-order valence-electron chi connectivity index (χ4n) is 1.58. The summed E-state index contributed by atoms with van der Waals surface area (Å²) in [5.41, 5.74) is 2.04. The maximum Gasteiger partial charge on any atom is 0.151 e. The van der Waals surface area contributed by atoms with E-state index in [1.54, 1.807) is 12.4 Å². The number of nitrogens with one attached hydrogen (secondary N) is 1. The zero-order valence-electron chi connectivity index (χ0n) is 10.1. The van der Waals surface area contributed by atoms with E-state index in [1.807, 2.05) is 49.3 Å². The summed E-state index contributed by atoms with van der Waals surface area (Å²) >= 11 is 0. The molecule has 0 aliphatic rings. The van der Waals surface area contributed by atoms with Gasteiger partial charge in [0.05, 0.1) is 18.1 Å². The number of para-hydroxylation sites is 1. The minimum Gasteiger partial charge on any atom is -0.328 e. The molecule has 0 spiro atoms. The minimum absolute atomic E-state index is 0.738. The Balaban J connectivity index is 2.17. The van der Waals surface area contributed by atoms with E-state index in [-0.39, 0.29) is 0 Å². The normalized spacial score (nSPS) is 10.2. The second-order valence-electron chi connectivity index (χ2n) is 3.79. The average molecular weight is 228 g/mol. The third-order valence-corrected chi connectivity index (χ3v) is 2.54. The molecule has 0 unspecified atom stereocenters. The summed E-state index contributed by atoms with van der Waals surface area (Å²) in [7, 11) is 3.88. The van der Waals surface area contributed by atoms with Gasteiger partial charge in [0, 0.05) is 19.3 Å². The molecule has 1 N–H and O–H groups in total. The Hall–Kier alpha value is -1.94. The standard InChI is InChI=1S/C13H16N4/c1-14-8-11-9-16-13(10-15-11)17(2)12-6-4-3-5-7-12/h3-7,9-10,14H,8H2,1-2H3. The summed E-state index contributed by atoms with van der Waals surface area (Å²) in [6.45, 7) is 0.738. The van der Waals surface area contributed by atoms with Crippen molar-refractivity contribution in [3.63, 3.8) is 0 Å². The maximum absolute atomic E-state index is 4.40. The lowest BCUT2D eigenvalue weighted by Crippen LogP contribution is -2.13. The van der Waals surface area contributed by atoms with Crippen molar-refractivity contribution in [2.75, 3.05) is 19.0 Å². The van der Waals surface area contributed by atoms with E-state index in [0.717, 1.165) is 23.7 Å². The van der Waals surface area contributed by atoms with Crippen molar-refractivity contribution >= 4 is 11.5 Å². The van der Waals surface area contributed by atoms with Crippen LogP contribution < -0.4 is 10.2 Å². The van der Waals surface area contributed by atoms with Crippen molar-refractivity contribution in [1.82, 2.24) is 15.3 Å². The lowest BCUT2D eigenvalue weighted by Gasteiger charge is -2.17. The summed E-state index contributed by atoms with van der Waals surface area (Å²) in [5.74, 6) is 0.844. The topological polar surface area (TPSA) is 41.1 Å². The molecule has 4 heteroatoms. The fourth-order valence-corrected chi connectivity index (χ4v) is 1.58. The third kappa shape index (κ3) is 2.79. The zero-order chi connectivity index (χ0) is 12.1. The second-order valence-corrected chi connectivity index (χ2v) is 3.79. The predicted molar refractivity (Wildman–Crippen MR) is 69.3 cm³/mol. The molecule has 0 aliphatic heterocycles. The number of benzene rings is 1. The first-order valence-electron chi connectivity index (χ1n) is 5.55. The van der Waals surface area contributed by atoms with E-state index in [9.17, 15) is 0 Å². The molecule has 1 aromatic heterocycles. The molecule has 4 nitrogen and oxygen atoms in total. The highest BCUT2D eigenvalue weighted by atomic mass is 15.2. The monoisotopic (exact) mass is 228 g/mol. The van der Waals surface area contributed by atoms with Gasteiger partial charge in [0.2, 0.25) is 0 Å². The molecule has 0 amide bonds. The molecule has 1 aromatic carbocycles. The number of nitrogens with zero attached hydrogens (tertiary/aromatic N) is 3. The van der Waals surface area contributed by atoms with Gasteiger partial charge in [0.15, 0.2) is 5.82 Å². The third-order valence-electron chi connectivity index (χ3n) is 2.54. The number of rotatable bonds is 4. The predicted octanol–water partition coefficient (Wildman–Crippen LogP) is 1.96. The van der Waals surface area contributed by atoms with E-state index in [1.165, 1.54) is 0 Å². The Kier molecular flexibility index (Phi) is 3.67. The summed E-state index contributed by atoms with van der Waals surface area (Å²) in [6, 6.07) is 10.1. The van der Waals surface area contributed by atoms with Crippen LogP contribution in [0.15, 0.2) is 42.7 Å². The van der Waals surface area contributed by atoms with Crippen molar-refractivity contribution < 1.29 is 0 Å². The van der Waals surface area contributed by atoms with Crippen LogP contribution in [0.4, 0.5) is 11.5 Å². The first-order chi connectivity index (χ1) is 8.31. The van der Waals surface area contributed by atoms with Crippen molar-refractivity contribution in [3.8, 4) is 0 Å².